The molecular weight excluding hydrogens is 212 g/mol. The number of nitrogens with one attached hydrogen (secondary N) is 1. The first-order valence-electron chi connectivity index (χ1n) is 5.26. The summed E-state index contributed by atoms with van der Waals surface area (Å²) in [5.41, 5.74) is 0. The van der Waals surface area contributed by atoms with Gasteiger partial charge in [-0.1, -0.05) is 0 Å². The largest absolute Gasteiger partial charge is 0.318 e. The van der Waals surface area contributed by atoms with Crippen LogP contribution >= 0.6 is 11.8 Å². The van der Waals surface area contributed by atoms with Crippen LogP contribution in [0.4, 0.5) is 0 Å². The van der Waals surface area contributed by atoms with Crippen molar-refractivity contribution in [2.24, 2.45) is 0 Å². The van der Waals surface area contributed by atoms with Gasteiger partial charge in [0.15, 0.2) is 5.78 Å². The number of nitrogens with zero attached hydrogens (tertiary/aromatic N) is 1. The Labute approximate surface area is 93.8 Å². The second-order valence-electron chi connectivity index (χ2n) is 4.08. The van der Waals surface area contributed by atoms with Crippen molar-refractivity contribution in [3.63, 3.8) is 0 Å². The minimum Gasteiger partial charge on any atom is -0.318 e. The quantitative estimate of drug-likeness (QED) is 0.735. The van der Waals surface area contributed by atoms with Crippen molar-refractivity contribution >= 4 is 23.5 Å². The van der Waals surface area contributed by atoms with Crippen molar-refractivity contribution < 1.29 is 9.59 Å². The van der Waals surface area contributed by atoms with Gasteiger partial charge in [0.1, 0.15) is 6.04 Å². The molecule has 2 fully saturated rings. The fraction of sp³-hybridized carbons (Fsp3) is 0.800. The van der Waals surface area contributed by atoms with Gasteiger partial charge in [-0.3, -0.25) is 9.59 Å². The molecule has 3 atom stereocenters. The van der Waals surface area contributed by atoms with Gasteiger partial charge in [-0.15, -0.1) is 11.8 Å². The Hall–Kier alpha value is -0.550. The molecule has 0 aliphatic carbocycles. The van der Waals surface area contributed by atoms with E-state index in [1.165, 1.54) is 0 Å². The Balaban J connectivity index is 2.18. The fourth-order valence-corrected chi connectivity index (χ4v) is 3.79. The molecule has 0 saturated carbocycles. The van der Waals surface area contributed by atoms with Gasteiger partial charge in [0.05, 0.1) is 11.4 Å². The van der Waals surface area contributed by atoms with E-state index < -0.39 is 0 Å². The summed E-state index contributed by atoms with van der Waals surface area (Å²) >= 11 is 1.74. The third kappa shape index (κ3) is 1.78. The zero-order valence-corrected chi connectivity index (χ0v) is 9.84. The maximum Gasteiger partial charge on any atom is 0.241 e. The number of hydrogen-bond acceptors (Lipinski definition) is 4. The van der Waals surface area contributed by atoms with Crippen LogP contribution in [0.1, 0.15) is 19.8 Å². The molecule has 15 heavy (non-hydrogen) atoms. The monoisotopic (exact) mass is 228 g/mol. The summed E-state index contributed by atoms with van der Waals surface area (Å²) in [4.78, 5) is 25.3. The van der Waals surface area contributed by atoms with E-state index >= 15 is 0 Å². The molecule has 4 nitrogen and oxygen atoms in total. The number of carbonyl (C=O) groups is 2. The summed E-state index contributed by atoms with van der Waals surface area (Å²) < 4.78 is 0. The van der Waals surface area contributed by atoms with E-state index in [9.17, 15) is 9.59 Å². The second-order valence-corrected chi connectivity index (χ2v) is 5.29. The van der Waals surface area contributed by atoms with Crippen molar-refractivity contribution in [3.05, 3.63) is 0 Å². The molecule has 0 aromatic rings. The molecule has 84 valence electrons. The van der Waals surface area contributed by atoms with Gasteiger partial charge in [0.2, 0.25) is 5.91 Å². The molecule has 5 heteroatoms. The molecule has 0 spiro atoms. The van der Waals surface area contributed by atoms with Crippen LogP contribution in [0, 0.1) is 0 Å². The number of rotatable bonds is 2. The summed E-state index contributed by atoms with van der Waals surface area (Å²) in [5, 5.41) is 3.25. The number of ketones is 1. The minimum absolute atomic E-state index is 0.0956. The van der Waals surface area contributed by atoms with Gasteiger partial charge in [0.25, 0.3) is 0 Å². The maximum absolute atomic E-state index is 12.1. The SMILES string of the molecule is CN[C@@H]1CC[C@H]2SC[C@@H](C(C)=O)N2C1=O. The molecule has 0 radical (unpaired) electrons. The number of fused-ring (bicyclic) bond motifs is 1. The zero-order valence-electron chi connectivity index (χ0n) is 9.03. The van der Waals surface area contributed by atoms with Crippen molar-refractivity contribution in [1.29, 1.82) is 0 Å². The first-order chi connectivity index (χ1) is 7.15. The standard InChI is InChI=1S/C10H16N2O2S/c1-6(13)8-5-15-9-4-3-7(11-2)10(14)12(8)9/h7-9,11H,3-5H2,1-2H3/t7-,8+,9-/m1/s1. The molecule has 0 unspecified atom stereocenters. The lowest BCUT2D eigenvalue weighted by Crippen LogP contribution is -2.55. The van der Waals surface area contributed by atoms with E-state index in [2.05, 4.69) is 5.32 Å². The Morgan fingerprint density at radius 2 is 2.27 bits per heavy atom. The van der Waals surface area contributed by atoms with Gasteiger partial charge in [0, 0.05) is 5.75 Å². The fourth-order valence-electron chi connectivity index (χ4n) is 2.28. The van der Waals surface area contributed by atoms with Crippen LogP contribution in [0.2, 0.25) is 0 Å². The second kappa shape index (κ2) is 4.14. The van der Waals surface area contributed by atoms with Crippen LogP contribution < -0.4 is 5.32 Å². The van der Waals surface area contributed by atoms with Crippen molar-refractivity contribution in [2.45, 2.75) is 37.2 Å². The molecule has 2 heterocycles. The lowest BCUT2D eigenvalue weighted by atomic mass is 10.0. The molecular formula is C10H16N2O2S. The summed E-state index contributed by atoms with van der Waals surface area (Å²) in [5.74, 6) is 0.969. The van der Waals surface area contributed by atoms with Crippen LogP contribution in [0.25, 0.3) is 0 Å². The van der Waals surface area contributed by atoms with Crippen molar-refractivity contribution in [2.75, 3.05) is 12.8 Å². The van der Waals surface area contributed by atoms with Crippen LogP contribution in [-0.2, 0) is 9.59 Å². The highest BCUT2D eigenvalue weighted by molar-refractivity contribution is 8.00. The average molecular weight is 228 g/mol. The first kappa shape index (κ1) is 11.0. The van der Waals surface area contributed by atoms with Crippen LogP contribution in [0.15, 0.2) is 0 Å². The molecule has 1 amide bonds. The predicted octanol–water partition coefficient (Wildman–Crippen LogP) is 0.227. The highest BCUT2D eigenvalue weighted by atomic mass is 32.2. The Morgan fingerprint density at radius 1 is 1.53 bits per heavy atom. The van der Waals surface area contributed by atoms with Gasteiger partial charge in [-0.25, -0.2) is 0 Å². The smallest absolute Gasteiger partial charge is 0.241 e. The van der Waals surface area contributed by atoms with Gasteiger partial charge in [-0.05, 0) is 26.8 Å². The number of likely N-dealkylation sites (N-methyl/N-ethyl adjacent to an activating group) is 1. The molecule has 0 aromatic carbocycles. The highest BCUT2D eigenvalue weighted by Crippen LogP contribution is 2.36. The Kier molecular flexibility index (Phi) is 3.02. The zero-order chi connectivity index (χ0) is 11.0. The van der Waals surface area contributed by atoms with E-state index in [1.807, 2.05) is 0 Å². The number of hydrogen-bond donors (Lipinski definition) is 1. The summed E-state index contributed by atoms with van der Waals surface area (Å²) in [6.07, 6.45) is 1.87. The average Bonchev–Trinajstić information content (AvgIpc) is 2.63. The maximum atomic E-state index is 12.1. The normalized spacial score (nSPS) is 35.5. The number of piperidine rings is 1. The lowest BCUT2D eigenvalue weighted by Gasteiger charge is -2.36. The molecule has 1 N–H and O–H groups in total. The molecule has 0 bridgehead atoms. The summed E-state index contributed by atoms with van der Waals surface area (Å²) in [6.45, 7) is 1.57. The number of amides is 1. The minimum atomic E-state index is -0.191. The Bertz CT molecular complexity index is 295. The van der Waals surface area contributed by atoms with E-state index in [0.29, 0.717) is 0 Å². The van der Waals surface area contributed by atoms with Crippen LogP contribution in [-0.4, -0.2) is 46.8 Å². The van der Waals surface area contributed by atoms with Gasteiger partial charge < -0.3 is 10.2 Å². The molecule has 2 aliphatic rings. The highest BCUT2D eigenvalue weighted by Gasteiger charge is 2.44. The lowest BCUT2D eigenvalue weighted by molar-refractivity contribution is -0.142. The molecule has 2 aliphatic heterocycles. The third-order valence-electron chi connectivity index (χ3n) is 3.17. The van der Waals surface area contributed by atoms with Crippen molar-refractivity contribution in [1.82, 2.24) is 10.2 Å². The number of carbonyl (C=O) groups excluding carboxylic acids is 2. The van der Waals surface area contributed by atoms with Gasteiger partial charge in [-0.2, -0.15) is 0 Å². The summed E-state index contributed by atoms with van der Waals surface area (Å²) in [7, 11) is 1.80. The number of Topliss-reactive ketones (excluding diaryl/α,β-unsaturated/α-hetero) is 1. The van der Waals surface area contributed by atoms with Crippen molar-refractivity contribution in [3.8, 4) is 0 Å². The predicted molar refractivity (Wildman–Crippen MR) is 59.6 cm³/mol. The summed E-state index contributed by atoms with van der Waals surface area (Å²) in [6, 6.07) is -0.287. The van der Waals surface area contributed by atoms with E-state index in [-0.39, 0.29) is 29.1 Å². The molecule has 2 rings (SSSR count). The van der Waals surface area contributed by atoms with E-state index in [1.54, 1.807) is 30.6 Å². The van der Waals surface area contributed by atoms with Gasteiger partial charge >= 0.3 is 0 Å². The van der Waals surface area contributed by atoms with E-state index in [0.717, 1.165) is 18.6 Å². The molecule has 0 aromatic heterocycles. The van der Waals surface area contributed by atoms with Crippen LogP contribution in [0.3, 0.4) is 0 Å². The molecule has 2 saturated heterocycles. The number of thioether (sulfide) groups is 1. The third-order valence-corrected chi connectivity index (χ3v) is 4.52. The van der Waals surface area contributed by atoms with E-state index in [4.69, 9.17) is 0 Å². The first-order valence-corrected chi connectivity index (χ1v) is 6.31. The van der Waals surface area contributed by atoms with Crippen LogP contribution in [0.5, 0.6) is 0 Å². The topological polar surface area (TPSA) is 49.4 Å². The Morgan fingerprint density at radius 3 is 2.87 bits per heavy atom.